The van der Waals surface area contributed by atoms with Gasteiger partial charge in [-0.1, -0.05) is 29.8 Å². The largest absolute Gasteiger partial charge is 0.322 e. The summed E-state index contributed by atoms with van der Waals surface area (Å²) in [6.07, 6.45) is 3.67. The smallest absolute Gasteiger partial charge is 0.0994 e. The summed E-state index contributed by atoms with van der Waals surface area (Å²) in [5, 5.41) is 0. The van der Waals surface area contributed by atoms with Crippen LogP contribution in [-0.2, 0) is 0 Å². The minimum atomic E-state index is -0.00760. The van der Waals surface area contributed by atoms with Crippen LogP contribution in [0.1, 0.15) is 31.1 Å². The highest BCUT2D eigenvalue weighted by Gasteiger charge is 2.16. The molecule has 0 fully saturated rings. The van der Waals surface area contributed by atoms with Crippen LogP contribution >= 0.6 is 15.9 Å². The van der Waals surface area contributed by atoms with E-state index in [1.807, 2.05) is 12.5 Å². The van der Waals surface area contributed by atoms with Gasteiger partial charge in [0.15, 0.2) is 0 Å². The summed E-state index contributed by atoms with van der Waals surface area (Å²) in [4.78, 5) is 4.23. The van der Waals surface area contributed by atoms with E-state index in [4.69, 9.17) is 5.73 Å². The summed E-state index contributed by atoms with van der Waals surface area (Å²) in [5.41, 5.74) is 9.56. The molecule has 0 aliphatic rings. The van der Waals surface area contributed by atoms with Crippen molar-refractivity contribution in [2.75, 3.05) is 0 Å². The van der Waals surface area contributed by atoms with Gasteiger partial charge in [0.05, 0.1) is 18.2 Å². The van der Waals surface area contributed by atoms with Gasteiger partial charge < -0.3 is 10.3 Å². The molecule has 96 valence electrons. The molecule has 0 saturated carbocycles. The third kappa shape index (κ3) is 2.65. The summed E-state index contributed by atoms with van der Waals surface area (Å²) in [6, 6.07) is 6.28. The van der Waals surface area contributed by atoms with Crippen molar-refractivity contribution in [3.05, 3.63) is 46.5 Å². The molecule has 3 nitrogen and oxygen atoms in total. The molecule has 0 amide bonds. The number of imidazole rings is 1. The van der Waals surface area contributed by atoms with Gasteiger partial charge in [-0.15, -0.1) is 0 Å². The van der Waals surface area contributed by atoms with Gasteiger partial charge in [-0.25, -0.2) is 4.98 Å². The predicted octanol–water partition coefficient (Wildman–Crippen LogP) is 3.60. The van der Waals surface area contributed by atoms with E-state index < -0.39 is 0 Å². The van der Waals surface area contributed by atoms with Gasteiger partial charge in [0.25, 0.3) is 0 Å². The van der Waals surface area contributed by atoms with Crippen LogP contribution < -0.4 is 5.73 Å². The van der Waals surface area contributed by atoms with E-state index in [2.05, 4.69) is 64.5 Å². The number of rotatable bonds is 3. The van der Waals surface area contributed by atoms with E-state index in [9.17, 15) is 0 Å². The molecule has 0 aliphatic heterocycles. The second kappa shape index (κ2) is 5.24. The first-order chi connectivity index (χ1) is 8.49. The van der Waals surface area contributed by atoms with Gasteiger partial charge in [-0.2, -0.15) is 0 Å². The number of nitrogens with two attached hydrogens (primary N) is 1. The first kappa shape index (κ1) is 13.3. The van der Waals surface area contributed by atoms with Gasteiger partial charge in [-0.3, -0.25) is 0 Å². The monoisotopic (exact) mass is 307 g/mol. The summed E-state index contributed by atoms with van der Waals surface area (Å²) in [7, 11) is 0. The van der Waals surface area contributed by atoms with Crippen molar-refractivity contribution in [1.29, 1.82) is 0 Å². The van der Waals surface area contributed by atoms with Crippen molar-refractivity contribution < 1.29 is 0 Å². The molecule has 1 unspecified atom stereocenters. The maximum atomic E-state index is 6.22. The lowest BCUT2D eigenvalue weighted by atomic mass is 10.0. The lowest BCUT2D eigenvalue weighted by Crippen LogP contribution is -2.19. The van der Waals surface area contributed by atoms with Crippen molar-refractivity contribution >= 4 is 15.9 Å². The zero-order chi connectivity index (χ0) is 13.3. The van der Waals surface area contributed by atoms with Crippen LogP contribution in [0.3, 0.4) is 0 Å². The molecule has 2 rings (SSSR count). The van der Waals surface area contributed by atoms with Crippen molar-refractivity contribution in [2.24, 2.45) is 11.7 Å². The van der Waals surface area contributed by atoms with Gasteiger partial charge in [0.2, 0.25) is 0 Å². The van der Waals surface area contributed by atoms with Gasteiger partial charge >= 0.3 is 0 Å². The van der Waals surface area contributed by atoms with Gasteiger partial charge in [0.1, 0.15) is 0 Å². The highest BCUT2D eigenvalue weighted by atomic mass is 79.9. The first-order valence-electron chi connectivity index (χ1n) is 6.04. The van der Waals surface area contributed by atoms with Crippen molar-refractivity contribution in [1.82, 2.24) is 9.55 Å². The topological polar surface area (TPSA) is 43.8 Å². The Morgan fingerprint density at radius 2 is 2.00 bits per heavy atom. The Hall–Kier alpha value is -1.13. The summed E-state index contributed by atoms with van der Waals surface area (Å²) in [5.74, 6) is 0.383. The molecule has 1 aromatic carbocycles. The van der Waals surface area contributed by atoms with E-state index in [0.717, 1.165) is 15.9 Å². The molecule has 1 heterocycles. The lowest BCUT2D eigenvalue weighted by Gasteiger charge is -2.18. The highest BCUT2D eigenvalue weighted by molar-refractivity contribution is 9.10. The molecular weight excluding hydrogens is 290 g/mol. The average molecular weight is 308 g/mol. The lowest BCUT2D eigenvalue weighted by molar-refractivity contribution is 0.497. The molecule has 2 N–H and O–H groups in total. The number of aryl methyl sites for hydroxylation is 1. The fraction of sp³-hybridized carbons (Fsp3) is 0.357. The quantitative estimate of drug-likeness (QED) is 0.941. The molecule has 1 aromatic heterocycles. The van der Waals surface area contributed by atoms with Crippen LogP contribution in [0.15, 0.2) is 35.2 Å². The molecule has 0 saturated heterocycles. The van der Waals surface area contributed by atoms with Crippen molar-refractivity contribution in [3.63, 3.8) is 0 Å². The second-order valence-corrected chi connectivity index (χ2v) is 5.86. The fourth-order valence-corrected chi connectivity index (χ4v) is 2.56. The van der Waals surface area contributed by atoms with Gasteiger partial charge in [0, 0.05) is 16.2 Å². The SMILES string of the molecule is Cc1cc(Br)cc(-n2cncc2C(N)C(C)C)c1. The predicted molar refractivity (Wildman–Crippen MR) is 77.8 cm³/mol. The maximum absolute atomic E-state index is 6.22. The van der Waals surface area contributed by atoms with E-state index >= 15 is 0 Å². The second-order valence-electron chi connectivity index (χ2n) is 4.95. The van der Waals surface area contributed by atoms with Crippen LogP contribution in [-0.4, -0.2) is 9.55 Å². The number of benzene rings is 1. The Kier molecular flexibility index (Phi) is 3.88. The number of aromatic nitrogens is 2. The zero-order valence-corrected chi connectivity index (χ0v) is 12.5. The summed E-state index contributed by atoms with van der Waals surface area (Å²) < 4.78 is 3.12. The molecule has 4 heteroatoms. The number of hydrogen-bond donors (Lipinski definition) is 1. The highest BCUT2D eigenvalue weighted by Crippen LogP contribution is 2.24. The molecule has 2 aromatic rings. The van der Waals surface area contributed by atoms with Crippen molar-refractivity contribution in [2.45, 2.75) is 26.8 Å². The van der Waals surface area contributed by atoms with E-state index in [1.54, 1.807) is 0 Å². The minimum absolute atomic E-state index is 0.00760. The normalized spacial score (nSPS) is 13.0. The fourth-order valence-electron chi connectivity index (χ4n) is 1.97. The van der Waals surface area contributed by atoms with E-state index in [-0.39, 0.29) is 6.04 Å². The Morgan fingerprint density at radius 1 is 1.28 bits per heavy atom. The number of halogens is 1. The average Bonchev–Trinajstić information content (AvgIpc) is 2.75. The number of hydrogen-bond acceptors (Lipinski definition) is 2. The Morgan fingerprint density at radius 3 is 2.61 bits per heavy atom. The molecule has 18 heavy (non-hydrogen) atoms. The molecular formula is C14H18BrN3. The standard InChI is InChI=1S/C14H18BrN3/c1-9(2)14(16)13-7-17-8-18(13)12-5-10(3)4-11(15)6-12/h4-9,14H,16H2,1-3H3. The van der Waals surface area contributed by atoms with Crippen LogP contribution in [0.25, 0.3) is 5.69 Å². The Bertz CT molecular complexity index is 525. The third-order valence-electron chi connectivity index (χ3n) is 3.03. The summed E-state index contributed by atoms with van der Waals surface area (Å²) in [6.45, 7) is 6.32. The van der Waals surface area contributed by atoms with E-state index in [0.29, 0.717) is 5.92 Å². The van der Waals surface area contributed by atoms with Gasteiger partial charge in [-0.05, 0) is 36.6 Å². The summed E-state index contributed by atoms with van der Waals surface area (Å²) >= 11 is 3.52. The third-order valence-corrected chi connectivity index (χ3v) is 3.49. The first-order valence-corrected chi connectivity index (χ1v) is 6.83. The Labute approximate surface area is 116 Å². The molecule has 0 bridgehead atoms. The molecule has 0 spiro atoms. The maximum Gasteiger partial charge on any atom is 0.0994 e. The van der Waals surface area contributed by atoms with Crippen LogP contribution in [0.5, 0.6) is 0 Å². The van der Waals surface area contributed by atoms with Crippen molar-refractivity contribution in [3.8, 4) is 5.69 Å². The molecule has 0 aliphatic carbocycles. The number of nitrogens with zero attached hydrogens (tertiary/aromatic N) is 2. The van der Waals surface area contributed by atoms with Crippen LogP contribution in [0.4, 0.5) is 0 Å². The van der Waals surface area contributed by atoms with E-state index in [1.165, 1.54) is 5.56 Å². The minimum Gasteiger partial charge on any atom is -0.322 e. The zero-order valence-electron chi connectivity index (χ0n) is 10.9. The van der Waals surface area contributed by atoms with Crippen LogP contribution in [0, 0.1) is 12.8 Å². The molecule has 0 radical (unpaired) electrons. The Balaban J connectivity index is 2.48. The molecule has 1 atom stereocenters. The van der Waals surface area contributed by atoms with Crippen LogP contribution in [0.2, 0.25) is 0 Å².